The molecule has 0 aromatic heterocycles. The number of carbonyl (C=O) groups excluding carboxylic acids is 2. The number of rotatable bonds is 6. The summed E-state index contributed by atoms with van der Waals surface area (Å²) in [6.45, 7) is 6.96. The van der Waals surface area contributed by atoms with E-state index in [4.69, 9.17) is 0 Å². The number of aryl methyl sites for hydroxylation is 2. The number of benzene rings is 2. The number of piperazine rings is 1. The van der Waals surface area contributed by atoms with Gasteiger partial charge < -0.3 is 14.7 Å². The zero-order chi connectivity index (χ0) is 23.8. The molecule has 33 heavy (non-hydrogen) atoms. The maximum absolute atomic E-state index is 13.6. The molecule has 176 valence electrons. The van der Waals surface area contributed by atoms with Crippen LogP contribution >= 0.6 is 0 Å². The van der Waals surface area contributed by atoms with Crippen LogP contribution in [0.25, 0.3) is 0 Å². The van der Waals surface area contributed by atoms with Gasteiger partial charge in [0.15, 0.2) is 0 Å². The van der Waals surface area contributed by atoms with E-state index in [1.807, 2.05) is 12.1 Å². The quantitative estimate of drug-likeness (QED) is 0.649. The predicted molar refractivity (Wildman–Crippen MR) is 129 cm³/mol. The molecule has 0 saturated carbocycles. The number of sulfone groups is 1. The van der Waals surface area contributed by atoms with Gasteiger partial charge in [-0.3, -0.25) is 9.59 Å². The highest BCUT2D eigenvalue weighted by Crippen LogP contribution is 2.28. The van der Waals surface area contributed by atoms with E-state index in [0.717, 1.165) is 11.8 Å². The summed E-state index contributed by atoms with van der Waals surface area (Å²) in [4.78, 5) is 32.3. The highest BCUT2D eigenvalue weighted by Gasteiger charge is 2.39. The van der Waals surface area contributed by atoms with Crippen LogP contribution < -0.4 is 4.90 Å². The summed E-state index contributed by atoms with van der Waals surface area (Å²) in [5.74, 6) is -0.502. The van der Waals surface area contributed by atoms with E-state index in [1.54, 1.807) is 21.9 Å². The summed E-state index contributed by atoms with van der Waals surface area (Å²) >= 11 is 0. The lowest BCUT2D eigenvalue weighted by molar-refractivity contribution is -0.136. The molecule has 4 rings (SSSR count). The van der Waals surface area contributed by atoms with E-state index in [9.17, 15) is 18.0 Å². The second-order valence-corrected chi connectivity index (χ2v) is 11.4. The Kier molecular flexibility index (Phi) is 6.47. The van der Waals surface area contributed by atoms with Crippen LogP contribution in [0.1, 0.15) is 33.5 Å². The minimum absolute atomic E-state index is 0.106. The number of carbonyl (C=O) groups is 2. The van der Waals surface area contributed by atoms with Crippen molar-refractivity contribution in [2.24, 2.45) is 0 Å². The molecule has 0 aliphatic carbocycles. The van der Waals surface area contributed by atoms with Gasteiger partial charge in [0.2, 0.25) is 5.91 Å². The Bertz CT molecular complexity index is 1170. The zero-order valence-electron chi connectivity index (χ0n) is 19.5. The first-order chi connectivity index (χ1) is 15.6. The Morgan fingerprint density at radius 3 is 2.39 bits per heavy atom. The fraction of sp³-hybridized carbons (Fsp3) is 0.440. The molecular weight excluding hydrogens is 438 g/mol. The first-order valence-corrected chi connectivity index (χ1v) is 13.4. The topological polar surface area (TPSA) is 78.0 Å². The molecule has 0 N–H and O–H groups in total. The number of fused-ring (bicyclic) bond motifs is 1. The molecule has 2 aromatic rings. The van der Waals surface area contributed by atoms with Crippen molar-refractivity contribution < 1.29 is 18.0 Å². The Morgan fingerprint density at radius 2 is 1.73 bits per heavy atom. The van der Waals surface area contributed by atoms with Crippen molar-refractivity contribution in [2.75, 3.05) is 43.1 Å². The van der Waals surface area contributed by atoms with E-state index < -0.39 is 15.9 Å². The van der Waals surface area contributed by atoms with E-state index in [2.05, 4.69) is 36.9 Å². The number of amides is 2. The van der Waals surface area contributed by atoms with Crippen LogP contribution in [-0.2, 0) is 21.2 Å². The highest BCUT2D eigenvalue weighted by molar-refractivity contribution is 7.90. The third kappa shape index (κ3) is 5.05. The summed E-state index contributed by atoms with van der Waals surface area (Å²) in [5, 5.41) is 0. The van der Waals surface area contributed by atoms with Crippen molar-refractivity contribution in [3.63, 3.8) is 0 Å². The minimum Gasteiger partial charge on any atom is -0.368 e. The van der Waals surface area contributed by atoms with Crippen LogP contribution in [0.2, 0.25) is 0 Å². The molecule has 2 heterocycles. The summed E-state index contributed by atoms with van der Waals surface area (Å²) in [6, 6.07) is 12.9. The number of hydrogen-bond acceptors (Lipinski definition) is 5. The SMILES string of the molecule is Cc1ccc(C)c(N2CCN(C(=O)C(CCS(C)(=O)=O)N3Cc4ccccc4C3=O)CC2)c1. The van der Waals surface area contributed by atoms with Gasteiger partial charge in [-0.25, -0.2) is 8.42 Å². The maximum atomic E-state index is 13.6. The molecule has 2 aromatic carbocycles. The van der Waals surface area contributed by atoms with Gasteiger partial charge in [-0.15, -0.1) is 0 Å². The second kappa shape index (κ2) is 9.17. The molecule has 0 bridgehead atoms. The van der Waals surface area contributed by atoms with Crippen LogP contribution in [0, 0.1) is 13.8 Å². The van der Waals surface area contributed by atoms with E-state index in [0.29, 0.717) is 38.3 Å². The third-order valence-corrected chi connectivity index (χ3v) is 7.55. The minimum atomic E-state index is -3.27. The summed E-state index contributed by atoms with van der Waals surface area (Å²) in [7, 11) is -3.27. The average Bonchev–Trinajstić information content (AvgIpc) is 3.11. The van der Waals surface area contributed by atoms with Gasteiger partial charge in [0.05, 0.1) is 5.75 Å². The van der Waals surface area contributed by atoms with E-state index >= 15 is 0 Å². The van der Waals surface area contributed by atoms with Gasteiger partial charge in [-0.05, 0) is 49.1 Å². The lowest BCUT2D eigenvalue weighted by atomic mass is 10.1. The summed E-state index contributed by atoms with van der Waals surface area (Å²) in [6.07, 6.45) is 1.27. The Hall–Kier alpha value is -2.87. The van der Waals surface area contributed by atoms with E-state index in [1.165, 1.54) is 16.8 Å². The molecule has 1 fully saturated rings. The average molecular weight is 470 g/mol. The van der Waals surface area contributed by atoms with Crippen molar-refractivity contribution >= 4 is 27.3 Å². The van der Waals surface area contributed by atoms with Crippen molar-refractivity contribution in [3.8, 4) is 0 Å². The monoisotopic (exact) mass is 469 g/mol. The molecule has 7 nitrogen and oxygen atoms in total. The van der Waals surface area contributed by atoms with Gasteiger partial charge in [-0.2, -0.15) is 0 Å². The molecule has 1 unspecified atom stereocenters. The highest BCUT2D eigenvalue weighted by atomic mass is 32.2. The third-order valence-electron chi connectivity index (χ3n) is 6.57. The van der Waals surface area contributed by atoms with Crippen LogP contribution in [0.5, 0.6) is 0 Å². The molecule has 8 heteroatoms. The van der Waals surface area contributed by atoms with Crippen molar-refractivity contribution in [1.82, 2.24) is 9.80 Å². The molecule has 2 amide bonds. The largest absolute Gasteiger partial charge is 0.368 e. The smallest absolute Gasteiger partial charge is 0.255 e. The molecular formula is C25H31N3O4S. The van der Waals surface area contributed by atoms with Gasteiger partial charge in [0.1, 0.15) is 15.9 Å². The van der Waals surface area contributed by atoms with E-state index in [-0.39, 0.29) is 24.0 Å². The van der Waals surface area contributed by atoms with Crippen molar-refractivity contribution in [1.29, 1.82) is 0 Å². The van der Waals surface area contributed by atoms with Gasteiger partial charge in [-0.1, -0.05) is 30.3 Å². The second-order valence-electron chi connectivity index (χ2n) is 9.13. The first kappa shape index (κ1) is 23.3. The maximum Gasteiger partial charge on any atom is 0.255 e. The number of nitrogens with zero attached hydrogens (tertiary/aromatic N) is 3. The molecule has 1 atom stereocenters. The van der Waals surface area contributed by atoms with Crippen molar-refractivity contribution in [2.45, 2.75) is 32.9 Å². The number of anilines is 1. The lowest BCUT2D eigenvalue weighted by Gasteiger charge is -2.39. The standard InChI is InChI=1S/C25H31N3O4S/c1-18-8-9-19(2)23(16-18)26-11-13-27(14-12-26)25(30)22(10-15-33(3,31)32)28-17-20-6-4-5-7-21(20)24(28)29/h4-9,16,22H,10-15,17H2,1-3H3. The Labute approximate surface area is 195 Å². The molecule has 0 radical (unpaired) electrons. The number of hydrogen-bond donors (Lipinski definition) is 0. The van der Waals surface area contributed by atoms with Crippen LogP contribution in [0.15, 0.2) is 42.5 Å². The lowest BCUT2D eigenvalue weighted by Crippen LogP contribution is -2.55. The Balaban J connectivity index is 1.50. The van der Waals surface area contributed by atoms with Gasteiger partial charge in [0, 0.05) is 50.2 Å². The fourth-order valence-corrected chi connectivity index (χ4v) is 5.36. The summed E-state index contributed by atoms with van der Waals surface area (Å²) < 4.78 is 23.7. The Morgan fingerprint density at radius 1 is 1.03 bits per heavy atom. The molecule has 2 aliphatic heterocycles. The first-order valence-electron chi connectivity index (χ1n) is 11.3. The van der Waals surface area contributed by atoms with Gasteiger partial charge in [0.25, 0.3) is 5.91 Å². The van der Waals surface area contributed by atoms with Crippen molar-refractivity contribution in [3.05, 3.63) is 64.7 Å². The summed E-state index contributed by atoms with van der Waals surface area (Å²) in [5.41, 5.74) is 5.04. The molecule has 0 spiro atoms. The van der Waals surface area contributed by atoms with Crippen LogP contribution in [0.3, 0.4) is 0 Å². The zero-order valence-corrected chi connectivity index (χ0v) is 20.3. The normalized spacial score (nSPS) is 17.3. The predicted octanol–water partition coefficient (Wildman–Crippen LogP) is 2.41. The van der Waals surface area contributed by atoms with Crippen LogP contribution in [-0.4, -0.2) is 74.3 Å². The molecule has 1 saturated heterocycles. The fourth-order valence-electron chi connectivity index (χ4n) is 4.71. The molecule has 2 aliphatic rings. The van der Waals surface area contributed by atoms with Crippen LogP contribution in [0.4, 0.5) is 5.69 Å². The van der Waals surface area contributed by atoms with Gasteiger partial charge >= 0.3 is 0 Å².